The molecule has 88 valence electrons. The highest BCUT2D eigenvalue weighted by atomic mass is 35.5. The van der Waals surface area contributed by atoms with Crippen LogP contribution in [0.4, 0.5) is 4.39 Å². The number of aromatic carboxylic acids is 1. The Hall–Kier alpha value is -1.95. The lowest BCUT2D eigenvalue weighted by Crippen LogP contribution is -2.09. The average Bonchev–Trinajstić information content (AvgIpc) is 2.64. The highest BCUT2D eigenvalue weighted by Crippen LogP contribution is 2.20. The monoisotopic (exact) mass is 255 g/mol. The first-order chi connectivity index (χ1) is 8.00. The molecule has 0 unspecified atom stereocenters. The van der Waals surface area contributed by atoms with Gasteiger partial charge < -0.3 is 5.11 Å². The van der Waals surface area contributed by atoms with Crippen LogP contribution < -0.4 is 0 Å². The predicted octanol–water partition coefficient (Wildman–Crippen LogP) is 2.07. The molecule has 0 fully saturated rings. The summed E-state index contributed by atoms with van der Waals surface area (Å²) in [5.41, 5.74) is 0.542. The van der Waals surface area contributed by atoms with Crippen molar-refractivity contribution in [1.82, 2.24) is 15.0 Å². The van der Waals surface area contributed by atoms with E-state index in [4.69, 9.17) is 16.7 Å². The van der Waals surface area contributed by atoms with Crippen molar-refractivity contribution < 1.29 is 14.3 Å². The Morgan fingerprint density at radius 1 is 1.53 bits per heavy atom. The lowest BCUT2D eigenvalue weighted by Gasteiger charge is -2.04. The fourth-order valence-electron chi connectivity index (χ4n) is 1.40. The van der Waals surface area contributed by atoms with Crippen LogP contribution in [0, 0.1) is 12.7 Å². The van der Waals surface area contributed by atoms with Crippen molar-refractivity contribution in [1.29, 1.82) is 0 Å². The SMILES string of the molecule is Cc1nnn(-c2ccc(F)c(Cl)c2)c1C(=O)O. The summed E-state index contributed by atoms with van der Waals surface area (Å²) in [5, 5.41) is 16.3. The van der Waals surface area contributed by atoms with E-state index >= 15 is 0 Å². The molecule has 5 nitrogen and oxygen atoms in total. The maximum Gasteiger partial charge on any atom is 0.356 e. The number of rotatable bonds is 2. The van der Waals surface area contributed by atoms with Gasteiger partial charge in [0.25, 0.3) is 0 Å². The molecule has 17 heavy (non-hydrogen) atoms. The fourth-order valence-corrected chi connectivity index (χ4v) is 1.57. The first-order valence-electron chi connectivity index (χ1n) is 4.61. The van der Waals surface area contributed by atoms with E-state index in [1.54, 1.807) is 0 Å². The fraction of sp³-hybridized carbons (Fsp3) is 0.100. The third-order valence-electron chi connectivity index (χ3n) is 2.19. The Labute approximate surface area is 100 Å². The van der Waals surface area contributed by atoms with E-state index in [2.05, 4.69) is 10.3 Å². The van der Waals surface area contributed by atoms with Gasteiger partial charge in [0.2, 0.25) is 0 Å². The van der Waals surface area contributed by atoms with Gasteiger partial charge in [-0.2, -0.15) is 0 Å². The topological polar surface area (TPSA) is 68.0 Å². The Kier molecular flexibility index (Phi) is 2.81. The second-order valence-electron chi connectivity index (χ2n) is 3.34. The second-order valence-corrected chi connectivity index (χ2v) is 3.75. The Bertz CT molecular complexity index is 597. The van der Waals surface area contributed by atoms with Crippen LogP contribution in [-0.2, 0) is 0 Å². The summed E-state index contributed by atoms with van der Waals surface area (Å²) in [7, 11) is 0. The minimum Gasteiger partial charge on any atom is -0.476 e. The third kappa shape index (κ3) is 1.99. The standard InChI is InChI=1S/C10H7ClFN3O2/c1-5-9(10(16)17)15(14-13-5)6-2-3-8(12)7(11)4-6/h2-4H,1H3,(H,16,17). The van der Waals surface area contributed by atoms with Gasteiger partial charge in [-0.05, 0) is 25.1 Å². The van der Waals surface area contributed by atoms with Gasteiger partial charge in [0.15, 0.2) is 5.69 Å². The van der Waals surface area contributed by atoms with E-state index in [1.165, 1.54) is 19.1 Å². The summed E-state index contributed by atoms with van der Waals surface area (Å²) >= 11 is 5.62. The van der Waals surface area contributed by atoms with Gasteiger partial charge in [0, 0.05) is 0 Å². The van der Waals surface area contributed by atoms with E-state index in [0.717, 1.165) is 10.7 Å². The number of carbonyl (C=O) groups is 1. The van der Waals surface area contributed by atoms with E-state index in [9.17, 15) is 9.18 Å². The zero-order chi connectivity index (χ0) is 12.6. The Morgan fingerprint density at radius 3 is 2.82 bits per heavy atom. The van der Waals surface area contributed by atoms with Crippen molar-refractivity contribution in [3.8, 4) is 5.69 Å². The molecule has 0 atom stereocenters. The van der Waals surface area contributed by atoms with Crippen molar-refractivity contribution in [2.24, 2.45) is 0 Å². The van der Waals surface area contributed by atoms with Crippen LogP contribution in [0.3, 0.4) is 0 Å². The van der Waals surface area contributed by atoms with Crippen LogP contribution in [-0.4, -0.2) is 26.1 Å². The minimum absolute atomic E-state index is 0.0762. The van der Waals surface area contributed by atoms with Gasteiger partial charge in [-0.15, -0.1) is 5.10 Å². The summed E-state index contributed by atoms with van der Waals surface area (Å²) in [6, 6.07) is 3.81. The van der Waals surface area contributed by atoms with E-state index in [1.807, 2.05) is 0 Å². The summed E-state index contributed by atoms with van der Waals surface area (Å²) in [4.78, 5) is 11.0. The second kappa shape index (κ2) is 4.14. The van der Waals surface area contributed by atoms with E-state index in [0.29, 0.717) is 5.69 Å². The zero-order valence-corrected chi connectivity index (χ0v) is 9.44. The predicted molar refractivity (Wildman–Crippen MR) is 58.0 cm³/mol. The highest BCUT2D eigenvalue weighted by Gasteiger charge is 2.18. The molecule has 0 amide bonds. The molecule has 0 aliphatic carbocycles. The lowest BCUT2D eigenvalue weighted by molar-refractivity contribution is 0.0686. The van der Waals surface area contributed by atoms with Crippen LogP contribution in [0.25, 0.3) is 5.69 Å². The molecule has 7 heteroatoms. The number of hydrogen-bond donors (Lipinski definition) is 1. The lowest BCUT2D eigenvalue weighted by atomic mass is 10.3. The molecule has 0 saturated heterocycles. The van der Waals surface area contributed by atoms with E-state index in [-0.39, 0.29) is 16.4 Å². The average molecular weight is 256 g/mol. The van der Waals surface area contributed by atoms with Crippen LogP contribution in [0.1, 0.15) is 16.2 Å². The minimum atomic E-state index is -1.16. The molecule has 1 aromatic carbocycles. The molecule has 1 aromatic heterocycles. The first kappa shape index (κ1) is 11.5. The van der Waals surface area contributed by atoms with Crippen molar-refractivity contribution in [3.63, 3.8) is 0 Å². The van der Waals surface area contributed by atoms with Gasteiger partial charge in [-0.3, -0.25) is 0 Å². The largest absolute Gasteiger partial charge is 0.476 e. The van der Waals surface area contributed by atoms with E-state index < -0.39 is 11.8 Å². The molecule has 0 saturated carbocycles. The van der Waals surface area contributed by atoms with Gasteiger partial charge in [-0.25, -0.2) is 13.9 Å². The number of hydrogen-bond acceptors (Lipinski definition) is 3. The normalized spacial score (nSPS) is 10.5. The van der Waals surface area contributed by atoms with Gasteiger partial charge in [0.1, 0.15) is 5.82 Å². The molecule has 0 spiro atoms. The molecular weight excluding hydrogens is 249 g/mol. The van der Waals surface area contributed by atoms with Crippen molar-refractivity contribution >= 4 is 17.6 Å². The molecule has 1 heterocycles. The molecule has 0 bridgehead atoms. The number of carboxylic acids is 1. The molecule has 0 radical (unpaired) electrons. The quantitative estimate of drug-likeness (QED) is 0.892. The molecule has 1 N–H and O–H groups in total. The molecule has 2 aromatic rings. The summed E-state index contributed by atoms with van der Waals surface area (Å²) in [6.45, 7) is 1.53. The number of carboxylic acid groups (broad SMARTS) is 1. The zero-order valence-electron chi connectivity index (χ0n) is 8.69. The molecule has 2 rings (SSSR count). The maximum absolute atomic E-state index is 13.0. The number of benzene rings is 1. The van der Waals surface area contributed by atoms with Crippen LogP contribution in [0.5, 0.6) is 0 Å². The van der Waals surface area contributed by atoms with Gasteiger partial charge in [0.05, 0.1) is 16.4 Å². The smallest absolute Gasteiger partial charge is 0.356 e. The van der Waals surface area contributed by atoms with Crippen molar-refractivity contribution in [2.45, 2.75) is 6.92 Å². The van der Waals surface area contributed by atoms with Crippen LogP contribution in [0.15, 0.2) is 18.2 Å². The van der Waals surface area contributed by atoms with Crippen LogP contribution >= 0.6 is 11.6 Å². The third-order valence-corrected chi connectivity index (χ3v) is 2.48. The van der Waals surface area contributed by atoms with Gasteiger partial charge >= 0.3 is 5.97 Å². The summed E-state index contributed by atoms with van der Waals surface area (Å²) in [6.07, 6.45) is 0. The summed E-state index contributed by atoms with van der Waals surface area (Å²) < 4.78 is 14.1. The van der Waals surface area contributed by atoms with Crippen LogP contribution in [0.2, 0.25) is 5.02 Å². The van der Waals surface area contributed by atoms with Crippen molar-refractivity contribution in [2.75, 3.05) is 0 Å². The molecule has 0 aliphatic rings. The number of aromatic nitrogens is 3. The molecular formula is C10H7ClFN3O2. The Morgan fingerprint density at radius 2 is 2.24 bits per heavy atom. The highest BCUT2D eigenvalue weighted by molar-refractivity contribution is 6.30. The maximum atomic E-state index is 13.0. The number of aryl methyl sites for hydroxylation is 1. The van der Waals surface area contributed by atoms with Gasteiger partial charge in [-0.1, -0.05) is 16.8 Å². The van der Waals surface area contributed by atoms with Crippen molar-refractivity contribution in [3.05, 3.63) is 40.4 Å². The molecule has 0 aliphatic heterocycles. The Balaban J connectivity index is 2.60. The number of halogens is 2. The summed E-state index contributed by atoms with van der Waals surface area (Å²) in [5.74, 6) is -1.74. The first-order valence-corrected chi connectivity index (χ1v) is 4.99. The number of nitrogens with zero attached hydrogens (tertiary/aromatic N) is 3.